The molecule has 1 N–H and O–H groups in total. The van der Waals surface area contributed by atoms with Crippen LogP contribution in [-0.4, -0.2) is 9.55 Å². The van der Waals surface area contributed by atoms with Gasteiger partial charge in [-0.05, 0) is 36.6 Å². The fourth-order valence-electron chi connectivity index (χ4n) is 2.48. The van der Waals surface area contributed by atoms with Gasteiger partial charge >= 0.3 is 0 Å². The number of nitrogens with one attached hydrogen (secondary N) is 1. The summed E-state index contributed by atoms with van der Waals surface area (Å²) in [5, 5.41) is 5.79. The van der Waals surface area contributed by atoms with Crippen LogP contribution in [0.4, 0.5) is 5.69 Å². The Labute approximate surface area is 143 Å². The Morgan fingerprint density at radius 3 is 2.78 bits per heavy atom. The molecule has 0 saturated carbocycles. The van der Waals surface area contributed by atoms with Crippen LogP contribution in [0.1, 0.15) is 18.7 Å². The van der Waals surface area contributed by atoms with Crippen LogP contribution in [-0.2, 0) is 7.05 Å². The zero-order valence-electron chi connectivity index (χ0n) is 12.7. The molecule has 3 aromatic rings. The molecule has 0 spiro atoms. The number of hydrogen-bond donors (Lipinski definition) is 1. The fourth-order valence-corrected chi connectivity index (χ4v) is 2.91. The number of aryl methyl sites for hydroxylation is 1. The van der Waals surface area contributed by atoms with Crippen molar-refractivity contribution in [3.63, 3.8) is 0 Å². The molecular formula is C17H15Cl2N3O. The van der Waals surface area contributed by atoms with Gasteiger partial charge in [0.25, 0.3) is 5.56 Å². The molecule has 0 aliphatic heterocycles. The van der Waals surface area contributed by atoms with Crippen molar-refractivity contribution >= 4 is 39.7 Å². The van der Waals surface area contributed by atoms with Gasteiger partial charge in [-0.1, -0.05) is 29.3 Å². The number of benzene rings is 1. The predicted octanol–water partition coefficient (Wildman–Crippen LogP) is 4.41. The van der Waals surface area contributed by atoms with Crippen molar-refractivity contribution < 1.29 is 0 Å². The summed E-state index contributed by atoms with van der Waals surface area (Å²) in [5.74, 6) is 0. The Morgan fingerprint density at radius 1 is 1.22 bits per heavy atom. The van der Waals surface area contributed by atoms with Crippen LogP contribution in [0.2, 0.25) is 10.0 Å². The zero-order valence-corrected chi connectivity index (χ0v) is 14.2. The Hall–Kier alpha value is -2.04. The van der Waals surface area contributed by atoms with E-state index in [1.807, 2.05) is 31.2 Å². The number of halogens is 2. The van der Waals surface area contributed by atoms with E-state index in [9.17, 15) is 4.79 Å². The normalized spacial score (nSPS) is 12.3. The first-order valence-electron chi connectivity index (χ1n) is 7.13. The highest BCUT2D eigenvalue weighted by Crippen LogP contribution is 2.30. The van der Waals surface area contributed by atoms with Crippen LogP contribution < -0.4 is 10.9 Å². The smallest absolute Gasteiger partial charge is 0.258 e. The summed E-state index contributed by atoms with van der Waals surface area (Å²) >= 11 is 12.2. The average Bonchev–Trinajstić information content (AvgIpc) is 2.54. The zero-order chi connectivity index (χ0) is 16.6. The second-order valence-corrected chi connectivity index (χ2v) is 6.18. The van der Waals surface area contributed by atoms with Gasteiger partial charge in [-0.2, -0.15) is 0 Å². The van der Waals surface area contributed by atoms with E-state index in [0.717, 1.165) is 11.1 Å². The highest BCUT2D eigenvalue weighted by molar-refractivity contribution is 6.42. The summed E-state index contributed by atoms with van der Waals surface area (Å²) in [6.45, 7) is 1.94. The maximum absolute atomic E-state index is 12.2. The lowest BCUT2D eigenvalue weighted by atomic mass is 10.1. The lowest BCUT2D eigenvalue weighted by molar-refractivity contribution is 0.840. The summed E-state index contributed by atoms with van der Waals surface area (Å²) < 4.78 is 1.56. The van der Waals surface area contributed by atoms with Gasteiger partial charge in [0.2, 0.25) is 0 Å². The molecule has 0 aliphatic rings. The molecular weight excluding hydrogens is 333 g/mol. The van der Waals surface area contributed by atoms with E-state index < -0.39 is 0 Å². The monoisotopic (exact) mass is 347 g/mol. The fraction of sp³-hybridized carbons (Fsp3) is 0.176. The first-order valence-corrected chi connectivity index (χ1v) is 7.89. The third kappa shape index (κ3) is 3.05. The largest absolute Gasteiger partial charge is 0.377 e. The summed E-state index contributed by atoms with van der Waals surface area (Å²) in [6.07, 6.45) is 3.38. The second-order valence-electron chi connectivity index (χ2n) is 5.39. The number of pyridine rings is 2. The third-order valence-electron chi connectivity index (χ3n) is 3.74. The lowest BCUT2D eigenvalue weighted by Crippen LogP contribution is -2.16. The van der Waals surface area contributed by atoms with Crippen molar-refractivity contribution in [3.8, 4) is 0 Å². The quantitative estimate of drug-likeness (QED) is 0.763. The van der Waals surface area contributed by atoms with Crippen LogP contribution in [0.5, 0.6) is 0 Å². The van der Waals surface area contributed by atoms with Gasteiger partial charge < -0.3 is 9.88 Å². The van der Waals surface area contributed by atoms with Gasteiger partial charge in [-0.3, -0.25) is 9.78 Å². The SMILES string of the molecule is CC(Nc1ccc2ccn(C)c(=O)c2c1)c1nccc(Cl)c1Cl. The molecule has 6 heteroatoms. The summed E-state index contributed by atoms with van der Waals surface area (Å²) in [7, 11) is 1.74. The minimum Gasteiger partial charge on any atom is -0.377 e. The van der Waals surface area contributed by atoms with Crippen LogP contribution >= 0.6 is 23.2 Å². The molecule has 2 heterocycles. The molecule has 23 heavy (non-hydrogen) atoms. The van der Waals surface area contributed by atoms with Gasteiger partial charge in [-0.25, -0.2) is 0 Å². The lowest BCUT2D eigenvalue weighted by Gasteiger charge is -2.17. The Balaban J connectivity index is 1.96. The minimum absolute atomic E-state index is 0.0299. The third-order valence-corrected chi connectivity index (χ3v) is 4.55. The summed E-state index contributed by atoms with van der Waals surface area (Å²) in [4.78, 5) is 16.5. The Kier molecular flexibility index (Phi) is 4.28. The minimum atomic E-state index is -0.147. The van der Waals surface area contributed by atoms with Crippen molar-refractivity contribution in [2.75, 3.05) is 5.32 Å². The average molecular weight is 348 g/mol. The molecule has 0 fully saturated rings. The van der Waals surface area contributed by atoms with Crippen molar-refractivity contribution in [2.24, 2.45) is 7.05 Å². The molecule has 1 aromatic carbocycles. The molecule has 0 amide bonds. The van der Waals surface area contributed by atoms with Crippen molar-refractivity contribution in [1.29, 1.82) is 0 Å². The number of hydrogen-bond acceptors (Lipinski definition) is 3. The van der Waals surface area contributed by atoms with E-state index in [4.69, 9.17) is 23.2 Å². The number of anilines is 1. The van der Waals surface area contributed by atoms with E-state index in [-0.39, 0.29) is 11.6 Å². The Morgan fingerprint density at radius 2 is 2.00 bits per heavy atom. The molecule has 1 unspecified atom stereocenters. The van der Waals surface area contributed by atoms with Gasteiger partial charge in [0.15, 0.2) is 0 Å². The highest BCUT2D eigenvalue weighted by atomic mass is 35.5. The molecule has 0 aliphatic carbocycles. The molecule has 0 radical (unpaired) electrons. The van der Waals surface area contributed by atoms with E-state index in [0.29, 0.717) is 21.1 Å². The standard InChI is InChI=1S/C17H15Cl2N3O/c1-10(16-15(19)14(18)5-7-20-16)21-12-4-3-11-6-8-22(2)17(23)13(11)9-12/h3-10,21H,1-2H3. The molecule has 0 bridgehead atoms. The van der Waals surface area contributed by atoms with Crippen molar-refractivity contribution in [3.05, 3.63) is 68.8 Å². The van der Waals surface area contributed by atoms with Crippen LogP contribution in [0.15, 0.2) is 47.5 Å². The number of nitrogens with zero attached hydrogens (tertiary/aromatic N) is 2. The Bertz CT molecular complexity index is 937. The summed E-state index contributed by atoms with van der Waals surface area (Å²) in [5.41, 5.74) is 1.46. The van der Waals surface area contributed by atoms with E-state index in [1.54, 1.807) is 30.1 Å². The topological polar surface area (TPSA) is 46.9 Å². The van der Waals surface area contributed by atoms with Gasteiger partial charge in [0.05, 0.1) is 21.8 Å². The molecule has 118 valence electrons. The maximum Gasteiger partial charge on any atom is 0.258 e. The van der Waals surface area contributed by atoms with Crippen molar-refractivity contribution in [2.45, 2.75) is 13.0 Å². The number of rotatable bonds is 3. The number of fused-ring (bicyclic) bond motifs is 1. The van der Waals surface area contributed by atoms with Crippen LogP contribution in [0, 0.1) is 0 Å². The van der Waals surface area contributed by atoms with E-state index in [1.165, 1.54) is 0 Å². The predicted molar refractivity (Wildman–Crippen MR) is 95.5 cm³/mol. The van der Waals surface area contributed by atoms with Crippen molar-refractivity contribution in [1.82, 2.24) is 9.55 Å². The maximum atomic E-state index is 12.2. The van der Waals surface area contributed by atoms with Gasteiger partial charge in [0, 0.05) is 30.5 Å². The number of aromatic nitrogens is 2. The molecule has 4 nitrogen and oxygen atoms in total. The highest BCUT2D eigenvalue weighted by Gasteiger charge is 2.14. The first-order chi connectivity index (χ1) is 11.0. The van der Waals surface area contributed by atoms with Crippen LogP contribution in [0.25, 0.3) is 10.8 Å². The van der Waals surface area contributed by atoms with E-state index in [2.05, 4.69) is 10.3 Å². The second kappa shape index (κ2) is 6.22. The van der Waals surface area contributed by atoms with E-state index >= 15 is 0 Å². The summed E-state index contributed by atoms with van der Waals surface area (Å²) in [6, 6.07) is 9.10. The molecule has 1 atom stereocenters. The molecule has 0 saturated heterocycles. The molecule has 3 rings (SSSR count). The van der Waals surface area contributed by atoms with Crippen LogP contribution in [0.3, 0.4) is 0 Å². The molecule has 2 aromatic heterocycles. The van der Waals surface area contributed by atoms with Gasteiger partial charge in [-0.15, -0.1) is 0 Å². The first kappa shape index (κ1) is 15.8. The van der Waals surface area contributed by atoms with Gasteiger partial charge in [0.1, 0.15) is 0 Å².